The SMILES string of the molecule is NC(=O)CCCCNCc1cccc(Br)c1O. The summed E-state index contributed by atoms with van der Waals surface area (Å²) in [5, 5.41) is 12.9. The second kappa shape index (κ2) is 7.29. The van der Waals surface area contributed by atoms with E-state index in [1.54, 1.807) is 6.07 Å². The van der Waals surface area contributed by atoms with Gasteiger partial charge >= 0.3 is 0 Å². The van der Waals surface area contributed by atoms with Gasteiger partial charge in [0.1, 0.15) is 5.75 Å². The molecule has 0 fully saturated rings. The Morgan fingerprint density at radius 3 is 2.88 bits per heavy atom. The molecule has 17 heavy (non-hydrogen) atoms. The van der Waals surface area contributed by atoms with Gasteiger partial charge < -0.3 is 16.2 Å². The molecule has 0 spiro atoms. The summed E-state index contributed by atoms with van der Waals surface area (Å²) >= 11 is 3.27. The zero-order chi connectivity index (χ0) is 12.7. The van der Waals surface area contributed by atoms with Crippen molar-refractivity contribution in [1.82, 2.24) is 5.32 Å². The molecule has 94 valence electrons. The lowest BCUT2D eigenvalue weighted by Gasteiger charge is -2.07. The maximum atomic E-state index is 10.5. The topological polar surface area (TPSA) is 75.4 Å². The summed E-state index contributed by atoms with van der Waals surface area (Å²) in [6.45, 7) is 1.42. The highest BCUT2D eigenvalue weighted by Crippen LogP contribution is 2.27. The lowest BCUT2D eigenvalue weighted by molar-refractivity contribution is -0.118. The summed E-state index contributed by atoms with van der Waals surface area (Å²) in [6.07, 6.45) is 2.13. The van der Waals surface area contributed by atoms with E-state index in [-0.39, 0.29) is 11.7 Å². The first-order chi connectivity index (χ1) is 8.11. The van der Waals surface area contributed by atoms with E-state index >= 15 is 0 Å². The molecule has 0 aliphatic carbocycles. The summed E-state index contributed by atoms with van der Waals surface area (Å²) in [7, 11) is 0. The first kappa shape index (κ1) is 14.0. The molecule has 0 saturated carbocycles. The van der Waals surface area contributed by atoms with Gasteiger partial charge in [0.15, 0.2) is 0 Å². The number of halogens is 1. The fourth-order valence-corrected chi connectivity index (χ4v) is 1.88. The van der Waals surface area contributed by atoms with Crippen molar-refractivity contribution in [3.8, 4) is 5.75 Å². The minimum Gasteiger partial charge on any atom is -0.506 e. The molecule has 0 aromatic heterocycles. The number of carbonyl (C=O) groups excluding carboxylic acids is 1. The molecular weight excluding hydrogens is 284 g/mol. The van der Waals surface area contributed by atoms with Gasteiger partial charge in [-0.1, -0.05) is 12.1 Å². The number of hydrogen-bond acceptors (Lipinski definition) is 3. The Morgan fingerprint density at radius 1 is 1.41 bits per heavy atom. The Balaban J connectivity index is 2.22. The number of phenols is 1. The van der Waals surface area contributed by atoms with E-state index in [4.69, 9.17) is 5.73 Å². The van der Waals surface area contributed by atoms with Crippen molar-refractivity contribution in [3.63, 3.8) is 0 Å². The van der Waals surface area contributed by atoms with Crippen molar-refractivity contribution >= 4 is 21.8 Å². The second-order valence-electron chi connectivity index (χ2n) is 3.85. The van der Waals surface area contributed by atoms with E-state index in [1.807, 2.05) is 12.1 Å². The average Bonchev–Trinajstić information content (AvgIpc) is 2.28. The van der Waals surface area contributed by atoms with E-state index in [0.717, 1.165) is 24.9 Å². The van der Waals surface area contributed by atoms with Gasteiger partial charge in [0.05, 0.1) is 4.47 Å². The van der Waals surface area contributed by atoms with Gasteiger partial charge in [-0.2, -0.15) is 0 Å². The minimum atomic E-state index is -0.255. The molecule has 1 aromatic rings. The van der Waals surface area contributed by atoms with Gasteiger partial charge in [0.25, 0.3) is 0 Å². The number of para-hydroxylation sites is 1. The fourth-order valence-electron chi connectivity index (χ4n) is 1.47. The quantitative estimate of drug-likeness (QED) is 0.673. The zero-order valence-corrected chi connectivity index (χ0v) is 11.2. The molecule has 0 heterocycles. The Bertz CT molecular complexity index is 383. The van der Waals surface area contributed by atoms with Crippen molar-refractivity contribution in [2.75, 3.05) is 6.54 Å². The molecule has 0 atom stereocenters. The van der Waals surface area contributed by atoms with Crippen molar-refractivity contribution in [1.29, 1.82) is 0 Å². The number of benzene rings is 1. The largest absolute Gasteiger partial charge is 0.506 e. The monoisotopic (exact) mass is 300 g/mol. The molecule has 0 aliphatic heterocycles. The first-order valence-corrected chi connectivity index (χ1v) is 6.36. The van der Waals surface area contributed by atoms with Crippen LogP contribution in [0.2, 0.25) is 0 Å². The third-order valence-corrected chi connectivity index (χ3v) is 3.05. The molecule has 0 aliphatic rings. The van der Waals surface area contributed by atoms with Crippen LogP contribution < -0.4 is 11.1 Å². The van der Waals surface area contributed by atoms with E-state index in [1.165, 1.54) is 0 Å². The van der Waals surface area contributed by atoms with Gasteiger partial charge in [-0.05, 0) is 41.4 Å². The summed E-state index contributed by atoms with van der Waals surface area (Å²) < 4.78 is 0.700. The lowest BCUT2D eigenvalue weighted by atomic mass is 10.2. The molecule has 4 N–H and O–H groups in total. The van der Waals surface area contributed by atoms with Crippen molar-refractivity contribution < 1.29 is 9.90 Å². The maximum absolute atomic E-state index is 10.5. The third-order valence-electron chi connectivity index (χ3n) is 2.41. The summed E-state index contributed by atoms with van der Waals surface area (Å²) in [4.78, 5) is 10.5. The molecule has 0 saturated heterocycles. The molecular formula is C12H17BrN2O2. The highest BCUT2D eigenvalue weighted by molar-refractivity contribution is 9.10. The van der Waals surface area contributed by atoms with Crippen LogP contribution >= 0.6 is 15.9 Å². The smallest absolute Gasteiger partial charge is 0.217 e. The summed E-state index contributed by atoms with van der Waals surface area (Å²) in [5.41, 5.74) is 5.89. The Kier molecular flexibility index (Phi) is 6.00. The molecule has 1 rings (SSSR count). The number of rotatable bonds is 7. The number of amides is 1. The Morgan fingerprint density at radius 2 is 2.18 bits per heavy atom. The van der Waals surface area contributed by atoms with E-state index in [9.17, 15) is 9.90 Å². The number of carbonyl (C=O) groups is 1. The second-order valence-corrected chi connectivity index (χ2v) is 4.70. The van der Waals surface area contributed by atoms with Gasteiger partial charge in [-0.25, -0.2) is 0 Å². The number of unbranched alkanes of at least 4 members (excludes halogenated alkanes) is 1. The fraction of sp³-hybridized carbons (Fsp3) is 0.417. The van der Waals surface area contributed by atoms with Gasteiger partial charge in [-0.3, -0.25) is 4.79 Å². The van der Waals surface area contributed by atoms with Crippen LogP contribution in [0.5, 0.6) is 5.75 Å². The van der Waals surface area contributed by atoms with Crippen LogP contribution in [0.1, 0.15) is 24.8 Å². The van der Waals surface area contributed by atoms with E-state index < -0.39 is 0 Å². The van der Waals surface area contributed by atoms with Crippen molar-refractivity contribution in [2.45, 2.75) is 25.8 Å². The average molecular weight is 301 g/mol. The van der Waals surface area contributed by atoms with Crippen LogP contribution in [0, 0.1) is 0 Å². The predicted molar refractivity (Wildman–Crippen MR) is 70.6 cm³/mol. The standard InChI is InChI=1S/C12H17BrN2O2/c13-10-5-3-4-9(12(10)17)8-15-7-2-1-6-11(14)16/h3-5,15,17H,1-2,6-8H2,(H2,14,16). The molecule has 0 bridgehead atoms. The van der Waals surface area contributed by atoms with Crippen LogP contribution in [-0.4, -0.2) is 17.6 Å². The maximum Gasteiger partial charge on any atom is 0.217 e. The molecule has 5 heteroatoms. The zero-order valence-electron chi connectivity index (χ0n) is 9.58. The van der Waals surface area contributed by atoms with E-state index in [0.29, 0.717) is 17.4 Å². The Hall–Kier alpha value is -1.07. The van der Waals surface area contributed by atoms with Gasteiger partial charge in [-0.15, -0.1) is 0 Å². The number of aromatic hydroxyl groups is 1. The third kappa shape index (κ3) is 5.19. The van der Waals surface area contributed by atoms with E-state index in [2.05, 4.69) is 21.2 Å². The van der Waals surface area contributed by atoms with Crippen molar-refractivity contribution in [3.05, 3.63) is 28.2 Å². The molecule has 0 radical (unpaired) electrons. The highest BCUT2D eigenvalue weighted by Gasteiger charge is 2.03. The highest BCUT2D eigenvalue weighted by atomic mass is 79.9. The van der Waals surface area contributed by atoms with Crippen LogP contribution in [0.4, 0.5) is 0 Å². The van der Waals surface area contributed by atoms with Crippen LogP contribution in [0.3, 0.4) is 0 Å². The number of phenolic OH excluding ortho intramolecular Hbond substituents is 1. The molecule has 0 unspecified atom stereocenters. The van der Waals surface area contributed by atoms with Crippen LogP contribution in [0.15, 0.2) is 22.7 Å². The number of nitrogens with two attached hydrogens (primary N) is 1. The first-order valence-electron chi connectivity index (χ1n) is 5.56. The molecule has 4 nitrogen and oxygen atoms in total. The molecule has 1 aromatic carbocycles. The Labute approximate surface area is 109 Å². The number of hydrogen-bond donors (Lipinski definition) is 3. The van der Waals surface area contributed by atoms with Gasteiger partial charge in [0.2, 0.25) is 5.91 Å². The van der Waals surface area contributed by atoms with Crippen LogP contribution in [-0.2, 0) is 11.3 Å². The number of nitrogens with one attached hydrogen (secondary N) is 1. The lowest BCUT2D eigenvalue weighted by Crippen LogP contribution is -2.16. The number of primary amides is 1. The summed E-state index contributed by atoms with van der Waals surface area (Å²) in [6, 6.07) is 5.55. The summed E-state index contributed by atoms with van der Waals surface area (Å²) in [5.74, 6) is 0.0202. The predicted octanol–water partition coefficient (Wildman–Crippen LogP) is 1.90. The molecule has 1 amide bonds. The van der Waals surface area contributed by atoms with Gasteiger partial charge in [0, 0.05) is 18.5 Å². The van der Waals surface area contributed by atoms with Crippen LogP contribution in [0.25, 0.3) is 0 Å². The normalized spacial score (nSPS) is 10.4. The van der Waals surface area contributed by atoms with Crippen molar-refractivity contribution in [2.24, 2.45) is 5.73 Å². The minimum absolute atomic E-state index is 0.255.